The quantitative estimate of drug-likeness (QED) is 0.426. The second-order valence-electron chi connectivity index (χ2n) is 6.06. The van der Waals surface area contributed by atoms with Crippen LogP contribution in [0.4, 0.5) is 5.69 Å². The van der Waals surface area contributed by atoms with Crippen LogP contribution < -0.4 is 10.1 Å². The number of rotatable bonds is 9. The molecule has 0 bridgehead atoms. The summed E-state index contributed by atoms with van der Waals surface area (Å²) in [6, 6.07) is 14.1. The Hall–Kier alpha value is -3.20. The molecule has 150 valence electrons. The molecule has 3 aromatic rings. The molecule has 0 saturated carbocycles. The highest BCUT2D eigenvalue weighted by molar-refractivity contribution is 7.98. The van der Waals surface area contributed by atoms with E-state index >= 15 is 0 Å². The van der Waals surface area contributed by atoms with E-state index in [4.69, 9.17) is 4.74 Å². The topological polar surface area (TPSA) is 99.0 Å². The second-order valence-corrected chi connectivity index (χ2v) is 6.83. The summed E-state index contributed by atoms with van der Waals surface area (Å²) in [4.78, 5) is 24.6. The molecule has 0 atom stereocenters. The van der Waals surface area contributed by atoms with Crippen molar-refractivity contribution in [1.29, 1.82) is 0 Å². The van der Waals surface area contributed by atoms with Gasteiger partial charge in [-0.15, -0.1) is 5.10 Å². The number of tetrazole rings is 1. The summed E-state index contributed by atoms with van der Waals surface area (Å²) < 4.78 is 6.96. The van der Waals surface area contributed by atoms with E-state index in [2.05, 4.69) is 20.8 Å². The summed E-state index contributed by atoms with van der Waals surface area (Å²) in [5, 5.41) is 15.0. The highest BCUT2D eigenvalue weighted by atomic mass is 32.2. The molecule has 0 aliphatic carbocycles. The Balaban J connectivity index is 1.57. The molecule has 2 aromatic carbocycles. The van der Waals surface area contributed by atoms with Crippen LogP contribution in [0.25, 0.3) is 5.69 Å². The summed E-state index contributed by atoms with van der Waals surface area (Å²) in [6.07, 6.45) is 2.11. The largest absolute Gasteiger partial charge is 0.494 e. The molecule has 3 rings (SSSR count). The number of ketones is 1. The molecular formula is C20H21N5O3S. The number of carbonyl (C=O) groups excluding carboxylic acids is 2. The predicted octanol–water partition coefficient (Wildman–Crippen LogP) is 3.38. The minimum Gasteiger partial charge on any atom is -0.494 e. The summed E-state index contributed by atoms with van der Waals surface area (Å²) in [7, 11) is 0. The Kier molecular flexibility index (Phi) is 6.96. The van der Waals surface area contributed by atoms with Crippen molar-refractivity contribution in [2.75, 3.05) is 18.2 Å². The zero-order valence-electron chi connectivity index (χ0n) is 16.2. The number of hydrogen-bond acceptors (Lipinski definition) is 7. The number of thioether (sulfide) groups is 1. The van der Waals surface area contributed by atoms with Gasteiger partial charge in [-0.2, -0.15) is 4.68 Å². The normalized spacial score (nSPS) is 10.6. The van der Waals surface area contributed by atoms with Crippen LogP contribution in [0.2, 0.25) is 0 Å². The van der Waals surface area contributed by atoms with Crippen molar-refractivity contribution < 1.29 is 14.3 Å². The number of anilines is 1. The maximum Gasteiger partial charge on any atom is 0.224 e. The Bertz CT molecular complexity index is 988. The summed E-state index contributed by atoms with van der Waals surface area (Å²) >= 11 is 1.42. The number of Topliss-reactive ketones (excluding diaryl/α,β-unsaturated/α-hetero) is 1. The molecule has 0 unspecified atom stereocenters. The van der Waals surface area contributed by atoms with Crippen molar-refractivity contribution in [2.24, 2.45) is 0 Å². The van der Waals surface area contributed by atoms with Crippen LogP contribution in [0.5, 0.6) is 5.75 Å². The fourth-order valence-corrected chi connectivity index (χ4v) is 3.12. The monoisotopic (exact) mass is 411 g/mol. The van der Waals surface area contributed by atoms with Crippen LogP contribution in [0.3, 0.4) is 0 Å². The van der Waals surface area contributed by atoms with Gasteiger partial charge in [-0.3, -0.25) is 9.59 Å². The van der Waals surface area contributed by atoms with Gasteiger partial charge >= 0.3 is 0 Å². The molecule has 0 aliphatic rings. The van der Waals surface area contributed by atoms with Gasteiger partial charge < -0.3 is 10.1 Å². The van der Waals surface area contributed by atoms with Crippen LogP contribution in [0, 0.1) is 0 Å². The Morgan fingerprint density at radius 3 is 2.66 bits per heavy atom. The minimum absolute atomic E-state index is 0.0877. The average Bonchev–Trinajstić information content (AvgIpc) is 3.22. The molecule has 1 aromatic heterocycles. The molecule has 0 saturated heterocycles. The molecule has 0 fully saturated rings. The molecule has 29 heavy (non-hydrogen) atoms. The van der Waals surface area contributed by atoms with E-state index in [0.717, 1.165) is 5.69 Å². The van der Waals surface area contributed by atoms with Crippen LogP contribution in [-0.2, 0) is 4.79 Å². The van der Waals surface area contributed by atoms with Gasteiger partial charge in [0.1, 0.15) is 5.75 Å². The van der Waals surface area contributed by atoms with Gasteiger partial charge in [0.05, 0.1) is 12.3 Å². The number of ether oxygens (including phenoxy) is 1. The maximum absolute atomic E-state index is 12.3. The van der Waals surface area contributed by atoms with Gasteiger partial charge in [0.2, 0.25) is 11.1 Å². The van der Waals surface area contributed by atoms with Crippen LogP contribution in [-0.4, -0.2) is 44.8 Å². The molecule has 8 nitrogen and oxygen atoms in total. The Morgan fingerprint density at radius 1 is 1.14 bits per heavy atom. The molecule has 1 N–H and O–H groups in total. The standard InChI is InChI=1S/C20H21N5O3S/c1-3-28-17-9-7-14(8-10-17)18(26)11-12-19(27)21-15-5-4-6-16(13-15)25-20(29-2)22-23-24-25/h4-10,13H,3,11-12H2,1-2H3,(H,21,27). The van der Waals surface area contributed by atoms with Gasteiger partial charge in [0.25, 0.3) is 0 Å². The molecule has 0 radical (unpaired) electrons. The Morgan fingerprint density at radius 2 is 1.93 bits per heavy atom. The van der Waals surface area contributed by atoms with E-state index in [1.165, 1.54) is 11.8 Å². The highest BCUT2D eigenvalue weighted by Crippen LogP contribution is 2.19. The molecule has 1 heterocycles. The van der Waals surface area contributed by atoms with Crippen molar-refractivity contribution in [1.82, 2.24) is 20.2 Å². The van der Waals surface area contributed by atoms with Gasteiger partial charge in [0.15, 0.2) is 5.78 Å². The van der Waals surface area contributed by atoms with Crippen LogP contribution >= 0.6 is 11.8 Å². The highest BCUT2D eigenvalue weighted by Gasteiger charge is 2.11. The SMILES string of the molecule is CCOc1ccc(C(=O)CCC(=O)Nc2cccc(-n3nnnc3SC)c2)cc1. The van der Waals surface area contributed by atoms with Crippen molar-refractivity contribution >= 4 is 29.1 Å². The lowest BCUT2D eigenvalue weighted by Crippen LogP contribution is -2.14. The zero-order chi connectivity index (χ0) is 20.6. The van der Waals surface area contributed by atoms with Crippen LogP contribution in [0.15, 0.2) is 53.7 Å². The van der Waals surface area contributed by atoms with Crippen molar-refractivity contribution in [2.45, 2.75) is 24.9 Å². The number of nitrogens with one attached hydrogen (secondary N) is 1. The van der Waals surface area contributed by atoms with Gasteiger partial charge in [-0.1, -0.05) is 17.8 Å². The maximum atomic E-state index is 12.3. The lowest BCUT2D eigenvalue weighted by molar-refractivity contribution is -0.116. The minimum atomic E-state index is -0.233. The number of aromatic nitrogens is 4. The van der Waals surface area contributed by atoms with Crippen molar-refractivity contribution in [3.8, 4) is 11.4 Å². The summed E-state index contributed by atoms with van der Waals surface area (Å²) in [5.74, 6) is 0.396. The lowest BCUT2D eigenvalue weighted by Gasteiger charge is -2.08. The molecule has 0 spiro atoms. The first kappa shape index (κ1) is 20.5. The predicted molar refractivity (Wildman–Crippen MR) is 111 cm³/mol. The second kappa shape index (κ2) is 9.83. The zero-order valence-corrected chi connectivity index (χ0v) is 17.0. The van der Waals surface area contributed by atoms with E-state index in [1.54, 1.807) is 41.1 Å². The van der Waals surface area contributed by atoms with E-state index in [9.17, 15) is 9.59 Å². The van der Waals surface area contributed by atoms with Crippen molar-refractivity contribution in [3.05, 3.63) is 54.1 Å². The van der Waals surface area contributed by atoms with Gasteiger partial charge in [-0.25, -0.2) is 0 Å². The first-order chi connectivity index (χ1) is 14.1. The summed E-state index contributed by atoms with van der Waals surface area (Å²) in [6.45, 7) is 2.47. The third-order valence-electron chi connectivity index (χ3n) is 4.06. The van der Waals surface area contributed by atoms with E-state index < -0.39 is 0 Å². The number of amides is 1. The van der Waals surface area contributed by atoms with Crippen molar-refractivity contribution in [3.63, 3.8) is 0 Å². The van der Waals surface area contributed by atoms with Gasteiger partial charge in [0, 0.05) is 24.1 Å². The van der Waals surface area contributed by atoms with E-state index in [0.29, 0.717) is 28.8 Å². The molecule has 0 aliphatic heterocycles. The Labute approximate surface area is 172 Å². The fourth-order valence-electron chi connectivity index (χ4n) is 2.68. The lowest BCUT2D eigenvalue weighted by atomic mass is 10.1. The van der Waals surface area contributed by atoms with E-state index in [1.807, 2.05) is 25.3 Å². The number of benzene rings is 2. The van der Waals surface area contributed by atoms with Crippen LogP contribution in [0.1, 0.15) is 30.1 Å². The first-order valence-electron chi connectivity index (χ1n) is 9.09. The first-order valence-corrected chi connectivity index (χ1v) is 10.3. The van der Waals surface area contributed by atoms with Gasteiger partial charge in [-0.05, 0) is 66.1 Å². The molecule has 1 amide bonds. The van der Waals surface area contributed by atoms with E-state index in [-0.39, 0.29) is 24.5 Å². The fraction of sp³-hybridized carbons (Fsp3) is 0.250. The molecular weight excluding hydrogens is 390 g/mol. The smallest absolute Gasteiger partial charge is 0.224 e. The molecule has 9 heteroatoms. The average molecular weight is 411 g/mol. The number of carbonyl (C=O) groups is 2. The third-order valence-corrected chi connectivity index (χ3v) is 4.68. The summed E-state index contributed by atoms with van der Waals surface area (Å²) in [5.41, 5.74) is 1.91. The number of hydrogen-bond donors (Lipinski definition) is 1. The third kappa shape index (κ3) is 5.41. The number of nitrogens with zero attached hydrogens (tertiary/aromatic N) is 4.